The van der Waals surface area contributed by atoms with E-state index in [-0.39, 0.29) is 83.8 Å². The number of rotatable bonds is 12. The summed E-state index contributed by atoms with van der Waals surface area (Å²) in [5, 5.41) is 69.7. The molecule has 0 saturated heterocycles. The number of phenols is 6. The fourth-order valence-electron chi connectivity index (χ4n) is 17.0. The fourth-order valence-corrected chi connectivity index (χ4v) is 17.0. The van der Waals surface area contributed by atoms with Crippen LogP contribution in [0.5, 0.6) is 34.5 Å². The molecule has 0 spiro atoms. The molecular formula is C108H150O9. The number of ketones is 3. The van der Waals surface area contributed by atoms with E-state index >= 15 is 14.4 Å². The van der Waals surface area contributed by atoms with Gasteiger partial charge < -0.3 is 30.6 Å². The number of carbonyl (C=O) groups excluding carboxylic acids is 3. The van der Waals surface area contributed by atoms with Crippen LogP contribution in [0.1, 0.15) is 431 Å². The number of benzene rings is 8. The lowest BCUT2D eigenvalue weighted by Crippen LogP contribution is -2.23. The molecule has 9 heteroatoms. The zero-order valence-electron chi connectivity index (χ0n) is 80.5. The van der Waals surface area contributed by atoms with Crippen LogP contribution in [-0.4, -0.2) is 48.0 Å². The second-order valence-corrected chi connectivity index (χ2v) is 46.7. The van der Waals surface area contributed by atoms with Gasteiger partial charge in [0.1, 0.15) is 34.5 Å². The molecule has 8 rings (SSSR count). The average Bonchev–Trinajstić information content (AvgIpc) is 0.727. The van der Waals surface area contributed by atoms with Crippen molar-refractivity contribution in [1.29, 1.82) is 0 Å². The standard InChI is InChI=1S/C54H72O6.C54H78O3/c1-28-40(43(55)31-22-34(49(4,5)6)46(58)35(23-31)50(7,8)9)29(2)42(45(57)33-26-38(53(16,17)18)48(60)39(27-33)54(19,20)21)30(3)41(28)44(56)32-24-36(51(10,11)12)47(59)37(25-32)52(13,14)15;1-31-37(22-34-25-40(49(4,5)6)46(55)41(26-34)50(7,8)9)32(2)39(24-36-29-44(53(16,17)18)48(57)45(30-36)54(19,20)21)33(3)38(31)23-35-27-42(51(10,11)12)47(56)43(28-35)52(13,14)15/h22-27,58-60H,1-21H3;25-30,55-57H,22-24H2,1-21H3. The Morgan fingerprint density at radius 3 is 0.419 bits per heavy atom. The van der Waals surface area contributed by atoms with E-state index in [0.29, 0.717) is 84.0 Å². The SMILES string of the molecule is Cc1c(C(=O)c2cc(C(C)(C)C)c(O)c(C(C)(C)C)c2)c(C)c(C(=O)c2cc(C(C)(C)C)c(O)c(C(C)(C)C)c2)c(C)c1C(=O)c1cc(C(C)(C)C)c(O)c(C(C)(C)C)c1.Cc1c(Cc2cc(C(C)(C)C)c(O)c(C(C)(C)C)c2)c(C)c(Cc2cc(C(C)(C)C)c(O)c(C(C)(C)C)c2)c(C)c1Cc1cc(C(C)(C)C)c(O)c(C(C)(C)C)c1. The van der Waals surface area contributed by atoms with Crippen LogP contribution in [-0.2, 0) is 84.2 Å². The van der Waals surface area contributed by atoms with E-state index < -0.39 is 32.5 Å². The van der Waals surface area contributed by atoms with Crippen LogP contribution in [0.3, 0.4) is 0 Å². The number of phenolic OH excluding ortho intramolecular Hbond substituents is 6. The summed E-state index contributed by atoms with van der Waals surface area (Å²) in [5.74, 6) is 0.560. The van der Waals surface area contributed by atoms with Crippen LogP contribution < -0.4 is 0 Å². The van der Waals surface area contributed by atoms with Crippen molar-refractivity contribution < 1.29 is 45.0 Å². The number of hydrogen-bond acceptors (Lipinski definition) is 9. The minimum Gasteiger partial charge on any atom is -0.507 e. The lowest BCUT2D eigenvalue weighted by Gasteiger charge is -2.30. The lowest BCUT2D eigenvalue weighted by atomic mass is 9.75. The van der Waals surface area contributed by atoms with Gasteiger partial charge in [-0.05, 0) is 262 Å². The molecular weight excluding hydrogens is 1440 g/mol. The van der Waals surface area contributed by atoms with Crippen molar-refractivity contribution in [2.45, 2.75) is 375 Å². The molecule has 0 aliphatic rings. The van der Waals surface area contributed by atoms with Crippen LogP contribution >= 0.6 is 0 Å². The normalized spacial score (nSPS) is 13.3. The molecule has 0 aliphatic carbocycles. The maximum absolute atomic E-state index is 15.4. The minimum atomic E-state index is -0.511. The lowest BCUT2D eigenvalue weighted by molar-refractivity contribution is 0.103. The molecule has 9 nitrogen and oxygen atoms in total. The quantitative estimate of drug-likeness (QED) is 0.0651. The zero-order chi connectivity index (χ0) is 90.1. The Bertz CT molecular complexity index is 4450. The van der Waals surface area contributed by atoms with Gasteiger partial charge in [-0.15, -0.1) is 0 Å². The highest BCUT2D eigenvalue weighted by Gasteiger charge is 2.39. The Balaban J connectivity index is 0.000000324. The van der Waals surface area contributed by atoms with Gasteiger partial charge in [0.2, 0.25) is 0 Å². The van der Waals surface area contributed by atoms with E-state index in [1.165, 1.54) is 50.1 Å². The molecule has 0 amide bonds. The molecule has 6 N–H and O–H groups in total. The van der Waals surface area contributed by atoms with Crippen LogP contribution in [0.4, 0.5) is 0 Å². The van der Waals surface area contributed by atoms with Gasteiger partial charge in [0.25, 0.3) is 0 Å². The molecule has 0 atom stereocenters. The number of aromatic hydroxyl groups is 6. The molecule has 8 aromatic rings. The number of carbonyl (C=O) groups is 3. The van der Waals surface area contributed by atoms with E-state index in [4.69, 9.17) is 0 Å². The van der Waals surface area contributed by atoms with E-state index in [2.05, 4.69) is 182 Å². The summed E-state index contributed by atoms with van der Waals surface area (Å²) in [5.41, 5.74) is 19.8. The molecule has 0 bridgehead atoms. The third kappa shape index (κ3) is 20.2. The first-order valence-corrected chi connectivity index (χ1v) is 42.5. The van der Waals surface area contributed by atoms with Crippen LogP contribution in [0.2, 0.25) is 0 Å². The van der Waals surface area contributed by atoms with Crippen molar-refractivity contribution in [1.82, 2.24) is 0 Å². The van der Waals surface area contributed by atoms with Gasteiger partial charge >= 0.3 is 0 Å². The summed E-state index contributed by atoms with van der Waals surface area (Å²) in [4.78, 5) is 46.1. The van der Waals surface area contributed by atoms with Gasteiger partial charge in [0, 0.05) is 66.8 Å². The molecule has 0 radical (unpaired) electrons. The zero-order valence-corrected chi connectivity index (χ0v) is 80.5. The third-order valence-electron chi connectivity index (χ3n) is 24.1. The van der Waals surface area contributed by atoms with Gasteiger partial charge in [0.05, 0.1) is 0 Å². The van der Waals surface area contributed by atoms with E-state index in [1.807, 2.05) is 125 Å². The van der Waals surface area contributed by atoms with Crippen LogP contribution in [0, 0.1) is 41.5 Å². The van der Waals surface area contributed by atoms with Gasteiger partial charge in [-0.2, -0.15) is 0 Å². The topological polar surface area (TPSA) is 173 Å². The molecule has 0 saturated carbocycles. The maximum atomic E-state index is 15.4. The monoisotopic (exact) mass is 1590 g/mol. The maximum Gasteiger partial charge on any atom is 0.193 e. The smallest absolute Gasteiger partial charge is 0.193 e. The van der Waals surface area contributed by atoms with Gasteiger partial charge in [-0.25, -0.2) is 0 Å². The Kier molecular flexibility index (Phi) is 26.1. The first kappa shape index (κ1) is 95.7. The van der Waals surface area contributed by atoms with Gasteiger partial charge in [-0.3, -0.25) is 14.4 Å². The summed E-state index contributed by atoms with van der Waals surface area (Å²) >= 11 is 0. The molecule has 8 aromatic carbocycles. The highest BCUT2D eigenvalue weighted by atomic mass is 16.3. The summed E-state index contributed by atoms with van der Waals surface area (Å²) in [6, 6.07) is 23.9. The molecule has 636 valence electrons. The van der Waals surface area contributed by atoms with Crippen molar-refractivity contribution in [3.63, 3.8) is 0 Å². The van der Waals surface area contributed by atoms with Crippen molar-refractivity contribution in [2.75, 3.05) is 0 Å². The van der Waals surface area contributed by atoms with Crippen molar-refractivity contribution in [3.8, 4) is 34.5 Å². The summed E-state index contributed by atoms with van der Waals surface area (Å²) < 4.78 is 0. The molecule has 0 fully saturated rings. The Hall–Kier alpha value is -8.43. The largest absolute Gasteiger partial charge is 0.507 e. The predicted octanol–water partition coefficient (Wildman–Crippen LogP) is 27.5. The Labute approximate surface area is 707 Å². The summed E-state index contributed by atoms with van der Waals surface area (Å²) in [7, 11) is 0. The third-order valence-corrected chi connectivity index (χ3v) is 24.1. The number of hydrogen-bond donors (Lipinski definition) is 6. The van der Waals surface area contributed by atoms with E-state index in [9.17, 15) is 30.6 Å². The Morgan fingerprint density at radius 2 is 0.308 bits per heavy atom. The van der Waals surface area contributed by atoms with Crippen molar-refractivity contribution in [2.24, 2.45) is 0 Å². The second kappa shape index (κ2) is 31.9. The predicted molar refractivity (Wildman–Crippen MR) is 493 cm³/mol. The minimum absolute atomic E-state index is 0.143. The van der Waals surface area contributed by atoms with E-state index in [0.717, 1.165) is 52.6 Å². The first-order valence-electron chi connectivity index (χ1n) is 42.5. The molecule has 0 aliphatic heterocycles. The van der Waals surface area contributed by atoms with Gasteiger partial charge in [-0.1, -0.05) is 286 Å². The first-order chi connectivity index (χ1) is 52.4. The summed E-state index contributed by atoms with van der Waals surface area (Å²) in [6.07, 6.45) is 2.24. The second-order valence-electron chi connectivity index (χ2n) is 46.7. The Morgan fingerprint density at radius 1 is 0.197 bits per heavy atom. The van der Waals surface area contributed by atoms with Crippen molar-refractivity contribution in [3.05, 3.63) is 240 Å². The molecule has 0 unspecified atom stereocenters. The van der Waals surface area contributed by atoms with Crippen LogP contribution in [0.25, 0.3) is 0 Å². The average molecular weight is 1590 g/mol. The van der Waals surface area contributed by atoms with Gasteiger partial charge in [0.15, 0.2) is 17.3 Å². The fraction of sp³-hybridized carbons (Fsp3) is 0.528. The summed E-state index contributed by atoms with van der Waals surface area (Å²) in [6.45, 7) is 87.3. The molecule has 0 aromatic heterocycles. The van der Waals surface area contributed by atoms with E-state index in [1.54, 1.807) is 57.2 Å². The highest BCUT2D eigenvalue weighted by Crippen LogP contribution is 2.50. The van der Waals surface area contributed by atoms with Crippen LogP contribution in [0.15, 0.2) is 72.8 Å². The highest BCUT2D eigenvalue weighted by molar-refractivity contribution is 6.21. The van der Waals surface area contributed by atoms with Crippen molar-refractivity contribution >= 4 is 17.3 Å². The molecule has 117 heavy (non-hydrogen) atoms. The molecule has 0 heterocycles.